The number of hydrogen-bond acceptors (Lipinski definition) is 2. The summed E-state index contributed by atoms with van der Waals surface area (Å²) in [5.74, 6) is 3.03. The fraction of sp³-hybridized carbons (Fsp3) is 1.00. The summed E-state index contributed by atoms with van der Waals surface area (Å²) in [4.78, 5) is 2.80. The third-order valence-electron chi connectivity index (χ3n) is 4.61. The lowest BCUT2D eigenvalue weighted by Gasteiger charge is -2.27. The zero-order chi connectivity index (χ0) is 11.0. The van der Waals surface area contributed by atoms with Crippen LogP contribution in [-0.2, 0) is 0 Å². The minimum atomic E-state index is 0.751. The van der Waals surface area contributed by atoms with Crippen molar-refractivity contribution in [2.75, 3.05) is 26.2 Å². The SMILES string of the molecule is CC1NCCC1CN(CC1CC1)CC1CC1. The minimum Gasteiger partial charge on any atom is -0.314 e. The Morgan fingerprint density at radius 2 is 1.56 bits per heavy atom. The normalized spacial score (nSPS) is 34.9. The van der Waals surface area contributed by atoms with Crippen LogP contribution in [0.4, 0.5) is 0 Å². The average Bonchev–Trinajstić information content (AvgIpc) is 3.14. The molecule has 2 nitrogen and oxygen atoms in total. The van der Waals surface area contributed by atoms with Gasteiger partial charge in [-0.05, 0) is 63.3 Å². The second kappa shape index (κ2) is 4.66. The van der Waals surface area contributed by atoms with E-state index in [2.05, 4.69) is 17.1 Å². The molecular weight excluding hydrogens is 196 g/mol. The van der Waals surface area contributed by atoms with Crippen molar-refractivity contribution in [2.24, 2.45) is 17.8 Å². The van der Waals surface area contributed by atoms with Crippen LogP contribution < -0.4 is 5.32 Å². The maximum atomic E-state index is 3.59. The van der Waals surface area contributed by atoms with Crippen LogP contribution in [0.1, 0.15) is 39.0 Å². The topological polar surface area (TPSA) is 15.3 Å². The van der Waals surface area contributed by atoms with Crippen molar-refractivity contribution in [2.45, 2.75) is 45.1 Å². The van der Waals surface area contributed by atoms with E-state index < -0.39 is 0 Å². The molecule has 0 aromatic rings. The molecule has 16 heavy (non-hydrogen) atoms. The van der Waals surface area contributed by atoms with Gasteiger partial charge in [0.2, 0.25) is 0 Å². The van der Waals surface area contributed by atoms with Gasteiger partial charge in [0.1, 0.15) is 0 Å². The Kier molecular flexibility index (Phi) is 3.21. The van der Waals surface area contributed by atoms with E-state index in [0.29, 0.717) is 0 Å². The first-order chi connectivity index (χ1) is 7.81. The molecule has 0 spiro atoms. The van der Waals surface area contributed by atoms with E-state index in [1.165, 1.54) is 58.3 Å². The van der Waals surface area contributed by atoms with Gasteiger partial charge in [0.25, 0.3) is 0 Å². The molecule has 0 amide bonds. The Bertz CT molecular complexity index is 219. The lowest BCUT2D eigenvalue weighted by atomic mass is 10.0. The van der Waals surface area contributed by atoms with E-state index >= 15 is 0 Å². The molecule has 3 fully saturated rings. The predicted octanol–water partition coefficient (Wildman–Crippen LogP) is 2.11. The lowest BCUT2D eigenvalue weighted by molar-refractivity contribution is 0.207. The van der Waals surface area contributed by atoms with Gasteiger partial charge in [0, 0.05) is 25.7 Å². The van der Waals surface area contributed by atoms with E-state index in [1.54, 1.807) is 0 Å². The molecule has 1 heterocycles. The smallest absolute Gasteiger partial charge is 0.00796 e. The molecular formula is C14H26N2. The van der Waals surface area contributed by atoms with Crippen molar-refractivity contribution in [3.63, 3.8) is 0 Å². The second-order valence-corrected chi connectivity index (χ2v) is 6.40. The van der Waals surface area contributed by atoms with Gasteiger partial charge in [-0.25, -0.2) is 0 Å². The molecule has 2 atom stereocenters. The highest BCUT2D eigenvalue weighted by molar-refractivity contribution is 4.87. The first kappa shape index (κ1) is 11.0. The summed E-state index contributed by atoms with van der Waals surface area (Å²) in [6.07, 6.45) is 7.39. The number of rotatable bonds is 6. The Morgan fingerprint density at radius 1 is 0.938 bits per heavy atom. The van der Waals surface area contributed by atoms with E-state index in [-0.39, 0.29) is 0 Å². The van der Waals surface area contributed by atoms with Crippen LogP contribution in [0.5, 0.6) is 0 Å². The molecule has 0 radical (unpaired) electrons. The second-order valence-electron chi connectivity index (χ2n) is 6.40. The van der Waals surface area contributed by atoms with E-state index in [4.69, 9.17) is 0 Å². The van der Waals surface area contributed by atoms with E-state index in [0.717, 1.165) is 23.8 Å². The highest BCUT2D eigenvalue weighted by Gasteiger charge is 2.32. The van der Waals surface area contributed by atoms with Gasteiger partial charge in [-0.1, -0.05) is 0 Å². The molecule has 2 saturated carbocycles. The maximum Gasteiger partial charge on any atom is 0.00796 e. The highest BCUT2D eigenvalue weighted by atomic mass is 15.1. The monoisotopic (exact) mass is 222 g/mol. The molecule has 2 heteroatoms. The van der Waals surface area contributed by atoms with Crippen LogP contribution in [0.3, 0.4) is 0 Å². The molecule has 3 rings (SSSR count). The molecule has 0 aromatic heterocycles. The lowest BCUT2D eigenvalue weighted by Crippen LogP contribution is -2.37. The van der Waals surface area contributed by atoms with Crippen LogP contribution in [0.15, 0.2) is 0 Å². The first-order valence-electron chi connectivity index (χ1n) is 7.27. The number of nitrogens with zero attached hydrogens (tertiary/aromatic N) is 1. The molecule has 1 saturated heterocycles. The van der Waals surface area contributed by atoms with E-state index in [9.17, 15) is 0 Å². The molecule has 2 aliphatic carbocycles. The van der Waals surface area contributed by atoms with Gasteiger partial charge >= 0.3 is 0 Å². The van der Waals surface area contributed by atoms with Crippen molar-refractivity contribution < 1.29 is 0 Å². The fourth-order valence-electron chi connectivity index (χ4n) is 3.05. The maximum absolute atomic E-state index is 3.59. The van der Waals surface area contributed by atoms with Crippen molar-refractivity contribution in [3.8, 4) is 0 Å². The van der Waals surface area contributed by atoms with Crippen molar-refractivity contribution >= 4 is 0 Å². The van der Waals surface area contributed by atoms with Crippen LogP contribution in [0.2, 0.25) is 0 Å². The van der Waals surface area contributed by atoms with Crippen molar-refractivity contribution in [1.82, 2.24) is 10.2 Å². The van der Waals surface area contributed by atoms with Crippen LogP contribution >= 0.6 is 0 Å². The largest absolute Gasteiger partial charge is 0.314 e. The number of hydrogen-bond donors (Lipinski definition) is 1. The molecule has 0 aromatic carbocycles. The molecule has 0 bridgehead atoms. The summed E-state index contributed by atoms with van der Waals surface area (Å²) in [5.41, 5.74) is 0. The van der Waals surface area contributed by atoms with Gasteiger partial charge in [0.05, 0.1) is 0 Å². The first-order valence-corrected chi connectivity index (χ1v) is 7.27. The van der Waals surface area contributed by atoms with Gasteiger partial charge in [-0.15, -0.1) is 0 Å². The standard InChI is InChI=1S/C14H26N2/c1-11-14(6-7-15-11)10-16(8-12-2-3-12)9-13-4-5-13/h11-15H,2-10H2,1H3. The van der Waals surface area contributed by atoms with Crippen LogP contribution in [0, 0.1) is 17.8 Å². The van der Waals surface area contributed by atoms with Crippen LogP contribution in [0.25, 0.3) is 0 Å². The average molecular weight is 222 g/mol. The number of nitrogens with one attached hydrogen (secondary N) is 1. The minimum absolute atomic E-state index is 0.751. The Balaban J connectivity index is 1.49. The Labute approximate surface area is 99.8 Å². The summed E-state index contributed by atoms with van der Waals surface area (Å²) >= 11 is 0. The molecule has 1 aliphatic heterocycles. The summed E-state index contributed by atoms with van der Waals surface area (Å²) < 4.78 is 0. The van der Waals surface area contributed by atoms with Crippen molar-refractivity contribution in [1.29, 1.82) is 0 Å². The Morgan fingerprint density at radius 3 is 2.00 bits per heavy atom. The van der Waals surface area contributed by atoms with E-state index in [1.807, 2.05) is 0 Å². The molecule has 3 aliphatic rings. The Hall–Kier alpha value is -0.0800. The summed E-state index contributed by atoms with van der Waals surface area (Å²) in [5, 5.41) is 3.59. The van der Waals surface area contributed by atoms with Crippen LogP contribution in [-0.4, -0.2) is 37.1 Å². The summed E-state index contributed by atoms with van der Waals surface area (Å²) in [7, 11) is 0. The highest BCUT2D eigenvalue weighted by Crippen LogP contribution is 2.34. The molecule has 92 valence electrons. The predicted molar refractivity (Wildman–Crippen MR) is 67.5 cm³/mol. The fourth-order valence-corrected chi connectivity index (χ4v) is 3.05. The van der Waals surface area contributed by atoms with Gasteiger partial charge in [-0.2, -0.15) is 0 Å². The third-order valence-corrected chi connectivity index (χ3v) is 4.61. The molecule has 2 unspecified atom stereocenters. The zero-order valence-electron chi connectivity index (χ0n) is 10.6. The zero-order valence-corrected chi connectivity index (χ0v) is 10.6. The molecule has 1 N–H and O–H groups in total. The quantitative estimate of drug-likeness (QED) is 0.740. The van der Waals surface area contributed by atoms with Gasteiger partial charge < -0.3 is 10.2 Å². The van der Waals surface area contributed by atoms with Gasteiger partial charge in [0.15, 0.2) is 0 Å². The third kappa shape index (κ3) is 2.98. The van der Waals surface area contributed by atoms with Crippen molar-refractivity contribution in [3.05, 3.63) is 0 Å². The summed E-state index contributed by atoms with van der Waals surface area (Å²) in [6.45, 7) is 7.78. The summed E-state index contributed by atoms with van der Waals surface area (Å²) in [6, 6.07) is 0.751. The van der Waals surface area contributed by atoms with Gasteiger partial charge in [-0.3, -0.25) is 0 Å².